The van der Waals surface area contributed by atoms with E-state index in [1.165, 1.54) is 116 Å². The van der Waals surface area contributed by atoms with Gasteiger partial charge in [0.25, 0.3) is 0 Å². The van der Waals surface area contributed by atoms with Crippen LogP contribution in [0, 0.1) is 0 Å². The number of hydrogen-bond donors (Lipinski definition) is 4. The molecule has 12 aromatic carbocycles. The highest BCUT2D eigenvalue weighted by molar-refractivity contribution is 6.26. The summed E-state index contributed by atoms with van der Waals surface area (Å²) in [6.45, 7) is 50.7. The molecule has 732 valence electrons. The molecule has 25 nitrogen and oxygen atoms in total. The summed E-state index contributed by atoms with van der Waals surface area (Å²) in [6.07, 6.45) is 3.31. The van der Waals surface area contributed by atoms with Gasteiger partial charge >= 0.3 is 36.6 Å². The van der Waals surface area contributed by atoms with Crippen LogP contribution in [0.4, 0.5) is 28.8 Å². The van der Waals surface area contributed by atoms with Crippen molar-refractivity contribution in [2.24, 2.45) is 0 Å². The summed E-state index contributed by atoms with van der Waals surface area (Å²) >= 11 is 0. The number of carbonyl (C=O) groups excluding carboxylic acids is 7. The number of nitrogens with zero attached hydrogens (tertiary/aromatic N) is 8. The third-order valence-corrected chi connectivity index (χ3v) is 24.2. The maximum atomic E-state index is 13.5. The topological polar surface area (TPSA) is 249 Å². The molecule has 6 amide bonds. The quantitative estimate of drug-likeness (QED) is 0.0710. The minimum atomic E-state index is -0.679. The lowest BCUT2D eigenvalue weighted by atomic mass is 9.92. The zero-order valence-corrected chi connectivity index (χ0v) is 84.2. The Balaban J connectivity index is 0.000000172. The number of amides is 6. The van der Waals surface area contributed by atoms with Gasteiger partial charge in [0.1, 0.15) is 33.6 Å². The lowest BCUT2D eigenvalue weighted by Gasteiger charge is -2.34. The van der Waals surface area contributed by atoms with Crippen LogP contribution in [0.25, 0.3) is 97.0 Å². The average Bonchev–Trinajstić information content (AvgIpc) is 0.749. The Labute approximate surface area is 805 Å². The number of aldehydes is 1. The lowest BCUT2D eigenvalue weighted by molar-refractivity contribution is 0.0101. The first kappa shape index (κ1) is 104. The highest BCUT2D eigenvalue weighted by Crippen LogP contribution is 2.40. The van der Waals surface area contributed by atoms with Crippen LogP contribution in [0.3, 0.4) is 0 Å². The predicted molar refractivity (Wildman–Crippen MR) is 552 cm³/mol. The van der Waals surface area contributed by atoms with E-state index in [9.17, 15) is 33.6 Å². The van der Waals surface area contributed by atoms with Crippen LogP contribution in [0.2, 0.25) is 0 Å². The number of rotatable bonds is 5. The second-order valence-corrected chi connectivity index (χ2v) is 42.3. The lowest BCUT2D eigenvalue weighted by Crippen LogP contribution is -2.47. The predicted octanol–water partition coefficient (Wildman–Crippen LogP) is 21.3. The Bertz CT molecular complexity index is 5900. The molecular weight excluding hydrogens is 1710 g/mol. The van der Waals surface area contributed by atoms with Crippen LogP contribution in [-0.2, 0) is 41.5 Å². The summed E-state index contributed by atoms with van der Waals surface area (Å²) in [5.41, 5.74) is -0.394. The van der Waals surface area contributed by atoms with Gasteiger partial charge < -0.3 is 79.1 Å². The van der Waals surface area contributed by atoms with Gasteiger partial charge in [-0.05, 0) is 304 Å². The molecule has 4 N–H and O–H groups in total. The maximum Gasteiger partial charge on any atom is 0.410 e. The molecule has 0 atom stereocenters. The molecule has 0 bridgehead atoms. The summed E-state index contributed by atoms with van der Waals surface area (Å²) in [5.74, 6) is 0. The van der Waals surface area contributed by atoms with Crippen LogP contribution in [0.5, 0.6) is 0 Å². The number of nitrogens with one attached hydrogen (secondary N) is 4. The van der Waals surface area contributed by atoms with E-state index in [4.69, 9.17) is 28.4 Å². The van der Waals surface area contributed by atoms with E-state index in [1.54, 1.807) is 29.4 Å². The van der Waals surface area contributed by atoms with E-state index in [0.29, 0.717) is 130 Å². The molecule has 12 aromatic rings. The highest BCUT2D eigenvalue weighted by atomic mass is 16.6. The molecule has 15 rings (SSSR count). The normalized spacial score (nSPS) is 16.8. The molecule has 0 unspecified atom stereocenters. The van der Waals surface area contributed by atoms with Crippen molar-refractivity contribution in [3.05, 3.63) is 180 Å². The van der Waals surface area contributed by atoms with E-state index in [2.05, 4.69) is 177 Å². The molecule has 3 fully saturated rings. The Morgan fingerprint density at radius 3 is 0.831 bits per heavy atom. The van der Waals surface area contributed by atoms with Crippen LogP contribution >= 0.6 is 0 Å². The summed E-state index contributed by atoms with van der Waals surface area (Å²) < 4.78 is 34.1. The van der Waals surface area contributed by atoms with Crippen molar-refractivity contribution in [2.75, 3.05) is 157 Å². The Morgan fingerprint density at radius 1 is 0.243 bits per heavy atom. The number of ether oxygens (including phenoxy) is 6. The minimum absolute atomic E-state index is 0.271. The average molecular weight is 1860 g/mol. The fourth-order valence-corrected chi connectivity index (χ4v) is 17.9. The van der Waals surface area contributed by atoms with E-state index >= 15 is 0 Å². The van der Waals surface area contributed by atoms with Crippen molar-refractivity contribution < 1.29 is 62.0 Å². The third kappa shape index (κ3) is 30.2. The standard InChI is InChI=1S/C42H58N4O6.C27H34N4.C25H48N4O6.C17H10O/c1-40(2,3)50-37(47)44-23-12-24-46(39(49)52-42(7,8)9)28-27-45(38(48)51-41(4,5)6)22-11-21-43(25-26-44)29-33-18-17-32-16-15-30-13-10-14-31-19-20-34(33)36(32)35(30)31;1-4-21-6-7-23-8-9-24(25-11-10-22(5-1)26(21)27(23)25)20-31-18-3-14-29-16-15-28-12-2-13-30-17-19-31;1-23(2,3)33-20(30)27-15-11-16-29(22(32)35-25(7,8)9)19-18-28(14-10-12-26-13-17-27)21(31)34-24(4,5)6;18-10-14-7-6-13-5-4-11-2-1-3-12-8-9-15(14)17(13)16(11)12/h10,13-20H,11-12,21-29H2,1-9H3;1,4-11,28-30H,2-3,12-20H2;26H,10-19H2,1-9H3;1-10H. The third-order valence-electron chi connectivity index (χ3n) is 24.2. The number of carbonyl (C=O) groups is 7. The number of benzene rings is 12. The Hall–Kier alpha value is -11.2. The van der Waals surface area contributed by atoms with Gasteiger partial charge in [0.15, 0.2) is 6.29 Å². The van der Waals surface area contributed by atoms with E-state index in [0.717, 1.165) is 76.1 Å². The molecule has 25 heteroatoms. The van der Waals surface area contributed by atoms with Gasteiger partial charge in [0.2, 0.25) is 0 Å². The second kappa shape index (κ2) is 46.8. The van der Waals surface area contributed by atoms with Gasteiger partial charge in [0, 0.05) is 143 Å². The largest absolute Gasteiger partial charge is 0.444 e. The first-order valence-electron chi connectivity index (χ1n) is 49.2. The molecule has 136 heavy (non-hydrogen) atoms. The van der Waals surface area contributed by atoms with E-state index < -0.39 is 58.0 Å². The molecular formula is C111H150N12O13. The monoisotopic (exact) mass is 1860 g/mol. The van der Waals surface area contributed by atoms with Crippen molar-refractivity contribution >= 4 is 140 Å². The van der Waals surface area contributed by atoms with Gasteiger partial charge in [-0.1, -0.05) is 164 Å². The molecule has 0 radical (unpaired) electrons. The Morgan fingerprint density at radius 2 is 0.485 bits per heavy atom. The van der Waals surface area contributed by atoms with Gasteiger partial charge in [-0.2, -0.15) is 0 Å². The number of hydrogen-bond acceptors (Lipinski definition) is 19. The Kier molecular flexibility index (Phi) is 35.7. The molecule has 3 aliphatic rings. The van der Waals surface area contributed by atoms with E-state index in [-0.39, 0.29) is 18.7 Å². The molecule has 3 saturated heterocycles. The van der Waals surface area contributed by atoms with Gasteiger partial charge in [-0.3, -0.25) is 14.6 Å². The highest BCUT2D eigenvalue weighted by Gasteiger charge is 2.33. The van der Waals surface area contributed by atoms with Crippen molar-refractivity contribution in [1.29, 1.82) is 0 Å². The first-order valence-corrected chi connectivity index (χ1v) is 49.2. The molecule has 3 aliphatic heterocycles. The summed E-state index contributed by atoms with van der Waals surface area (Å²) in [7, 11) is 0. The molecule has 0 aromatic heterocycles. The van der Waals surface area contributed by atoms with Crippen LogP contribution in [-0.4, -0.2) is 273 Å². The van der Waals surface area contributed by atoms with Crippen molar-refractivity contribution in [3.8, 4) is 0 Å². The van der Waals surface area contributed by atoms with Crippen molar-refractivity contribution in [1.82, 2.24) is 60.5 Å². The van der Waals surface area contributed by atoms with E-state index in [1.807, 2.05) is 143 Å². The van der Waals surface area contributed by atoms with Crippen molar-refractivity contribution in [2.45, 2.75) is 210 Å². The maximum absolute atomic E-state index is 13.5. The molecule has 0 aliphatic carbocycles. The van der Waals surface area contributed by atoms with Crippen LogP contribution in [0.1, 0.15) is 185 Å². The SMILES string of the molecule is CC(C)(C)OC(=O)N1CCCN(C(=O)OC(C)(C)C)CCN(C(=O)OC(C)(C)C)CCCN(Cc2ccc3ccc4cccc5ccc2c3c45)CC1.CC(C)(C)OC(=O)N1CCCN(C(=O)OC(C)(C)C)CCN(C(=O)OC(C)(C)C)CCCNCC1.O=Cc1ccc2ccc3cccc4ccc1c2c34.c1cc2ccc3ccc(CN4CCCNCCNCCCNCC4)c4ccc(c1)c2c34. The smallest absolute Gasteiger partial charge is 0.410 e. The van der Waals surface area contributed by atoms with Crippen LogP contribution in [0.15, 0.2) is 164 Å². The first-order chi connectivity index (χ1) is 64.6. The van der Waals surface area contributed by atoms with Gasteiger partial charge in [-0.25, -0.2) is 28.8 Å². The van der Waals surface area contributed by atoms with Crippen molar-refractivity contribution in [3.63, 3.8) is 0 Å². The minimum Gasteiger partial charge on any atom is -0.444 e. The zero-order chi connectivity index (χ0) is 97.7. The molecule has 3 heterocycles. The fraction of sp³-hybridized carbons (Fsp3) is 0.505. The summed E-state index contributed by atoms with van der Waals surface area (Å²) in [5, 5.41) is 37.0. The zero-order valence-electron chi connectivity index (χ0n) is 84.2. The van der Waals surface area contributed by atoms with Crippen LogP contribution < -0.4 is 21.3 Å². The molecule has 0 saturated carbocycles. The molecule has 0 spiro atoms. The fourth-order valence-electron chi connectivity index (χ4n) is 17.9. The summed E-state index contributed by atoms with van der Waals surface area (Å²) in [6, 6.07) is 58.9. The van der Waals surface area contributed by atoms with Gasteiger partial charge in [-0.15, -0.1) is 0 Å². The second-order valence-electron chi connectivity index (χ2n) is 42.3. The summed E-state index contributed by atoms with van der Waals surface area (Å²) in [4.78, 5) is 105. The van der Waals surface area contributed by atoms with Gasteiger partial charge in [0.05, 0.1) is 0 Å².